The van der Waals surface area contributed by atoms with Crippen molar-refractivity contribution in [1.29, 1.82) is 0 Å². The van der Waals surface area contributed by atoms with Gasteiger partial charge < -0.3 is 10.1 Å². The Balaban J connectivity index is 1.91. The highest BCUT2D eigenvalue weighted by atomic mass is 35.5. The number of carbonyl (C=O) groups excluding carboxylic acids is 2. The Morgan fingerprint density at radius 1 is 1.12 bits per heavy atom. The van der Waals surface area contributed by atoms with Crippen molar-refractivity contribution in [2.75, 3.05) is 11.9 Å². The summed E-state index contributed by atoms with van der Waals surface area (Å²) in [6.45, 7) is 5.76. The summed E-state index contributed by atoms with van der Waals surface area (Å²) >= 11 is 5.81. The summed E-state index contributed by atoms with van der Waals surface area (Å²) in [6.07, 6.45) is 0.103. The number of ether oxygens (including phenoxy) is 1. The molecule has 0 fully saturated rings. The van der Waals surface area contributed by atoms with Crippen LogP contribution in [0.5, 0.6) is 0 Å². The van der Waals surface area contributed by atoms with E-state index in [1.807, 2.05) is 25.1 Å². The highest BCUT2D eigenvalue weighted by Crippen LogP contribution is 2.27. The van der Waals surface area contributed by atoms with E-state index in [0.29, 0.717) is 5.02 Å². The Morgan fingerprint density at radius 3 is 2.44 bits per heavy atom. The Bertz CT molecular complexity index is 754. The summed E-state index contributed by atoms with van der Waals surface area (Å²) in [5.74, 6) is -0.519. The fourth-order valence-corrected chi connectivity index (χ4v) is 2.61. The summed E-state index contributed by atoms with van der Waals surface area (Å²) in [5.41, 5.74) is 3.61. The lowest BCUT2D eigenvalue weighted by molar-refractivity contribution is -0.146. The van der Waals surface area contributed by atoms with Crippen molar-refractivity contribution in [3.05, 3.63) is 64.2 Å². The molecular formula is C20H22ClNO3. The lowest BCUT2D eigenvalue weighted by Crippen LogP contribution is -2.22. The van der Waals surface area contributed by atoms with E-state index in [2.05, 4.69) is 19.2 Å². The van der Waals surface area contributed by atoms with Crippen LogP contribution in [0.1, 0.15) is 36.5 Å². The smallest absolute Gasteiger partial charge is 0.310 e. The standard InChI is InChI=1S/C20H22ClNO3/c1-13(2)17-6-4-5-14(3)20(17)22-18(23)12-25-19(24)11-15-7-9-16(21)10-8-15/h4-10,13H,11-12H2,1-3H3,(H,22,23). The first kappa shape index (κ1) is 19.0. The number of hydrogen-bond donors (Lipinski definition) is 1. The lowest BCUT2D eigenvalue weighted by Gasteiger charge is -2.16. The zero-order valence-electron chi connectivity index (χ0n) is 14.6. The molecule has 0 spiro atoms. The van der Waals surface area contributed by atoms with Crippen LogP contribution in [0.4, 0.5) is 5.69 Å². The van der Waals surface area contributed by atoms with Gasteiger partial charge in [0.2, 0.25) is 0 Å². The fourth-order valence-electron chi connectivity index (χ4n) is 2.48. The Kier molecular flexibility index (Phi) is 6.59. The van der Waals surface area contributed by atoms with Crippen LogP contribution < -0.4 is 5.32 Å². The van der Waals surface area contributed by atoms with Crippen LogP contribution in [0.15, 0.2) is 42.5 Å². The number of hydrogen-bond acceptors (Lipinski definition) is 3. The van der Waals surface area contributed by atoms with Gasteiger partial charge in [-0.15, -0.1) is 0 Å². The number of benzene rings is 2. The largest absolute Gasteiger partial charge is 0.455 e. The van der Waals surface area contributed by atoms with Gasteiger partial charge >= 0.3 is 5.97 Å². The molecule has 0 saturated heterocycles. The van der Waals surface area contributed by atoms with E-state index >= 15 is 0 Å². The minimum absolute atomic E-state index is 0.103. The molecule has 5 heteroatoms. The van der Waals surface area contributed by atoms with Gasteiger partial charge in [-0.05, 0) is 41.7 Å². The third-order valence-electron chi connectivity index (χ3n) is 3.82. The van der Waals surface area contributed by atoms with Gasteiger partial charge in [-0.1, -0.05) is 55.8 Å². The topological polar surface area (TPSA) is 55.4 Å². The Hall–Kier alpha value is -2.33. The zero-order valence-corrected chi connectivity index (χ0v) is 15.4. The van der Waals surface area contributed by atoms with Crippen LogP contribution in [-0.4, -0.2) is 18.5 Å². The third-order valence-corrected chi connectivity index (χ3v) is 4.07. The first-order valence-electron chi connectivity index (χ1n) is 8.16. The van der Waals surface area contributed by atoms with E-state index in [0.717, 1.165) is 22.4 Å². The van der Waals surface area contributed by atoms with Gasteiger partial charge in [0.05, 0.1) is 6.42 Å². The number of anilines is 1. The Morgan fingerprint density at radius 2 is 1.80 bits per heavy atom. The Labute approximate surface area is 153 Å². The summed E-state index contributed by atoms with van der Waals surface area (Å²) in [7, 11) is 0. The molecule has 4 nitrogen and oxygen atoms in total. The minimum Gasteiger partial charge on any atom is -0.455 e. The maximum absolute atomic E-state index is 12.1. The van der Waals surface area contributed by atoms with Gasteiger partial charge in [-0.2, -0.15) is 0 Å². The summed E-state index contributed by atoms with van der Waals surface area (Å²) in [5, 5.41) is 3.46. The second kappa shape index (κ2) is 8.67. The van der Waals surface area contributed by atoms with E-state index in [1.165, 1.54) is 0 Å². The monoisotopic (exact) mass is 359 g/mol. The fraction of sp³-hybridized carbons (Fsp3) is 0.300. The second-order valence-electron chi connectivity index (χ2n) is 6.21. The zero-order chi connectivity index (χ0) is 18.4. The summed E-state index contributed by atoms with van der Waals surface area (Å²) in [4.78, 5) is 24.0. The van der Waals surface area contributed by atoms with E-state index in [4.69, 9.17) is 16.3 Å². The first-order valence-corrected chi connectivity index (χ1v) is 8.54. The molecular weight excluding hydrogens is 338 g/mol. The predicted octanol–water partition coefficient (Wildman–Crippen LogP) is 4.50. The number of amides is 1. The summed E-state index contributed by atoms with van der Waals surface area (Å²) < 4.78 is 5.07. The van der Waals surface area contributed by atoms with Crippen molar-refractivity contribution in [3.8, 4) is 0 Å². The number of para-hydroxylation sites is 1. The van der Waals surface area contributed by atoms with E-state index in [9.17, 15) is 9.59 Å². The SMILES string of the molecule is Cc1cccc(C(C)C)c1NC(=O)COC(=O)Cc1ccc(Cl)cc1. The molecule has 2 rings (SSSR count). The van der Waals surface area contributed by atoms with Crippen LogP contribution in [-0.2, 0) is 20.7 Å². The van der Waals surface area contributed by atoms with E-state index in [1.54, 1.807) is 24.3 Å². The molecule has 0 heterocycles. The van der Waals surface area contributed by atoms with Crippen LogP contribution in [0.2, 0.25) is 5.02 Å². The number of nitrogens with one attached hydrogen (secondary N) is 1. The molecule has 0 saturated carbocycles. The maximum atomic E-state index is 12.1. The first-order chi connectivity index (χ1) is 11.9. The number of esters is 1. The molecule has 0 unspecified atom stereocenters. The van der Waals surface area contributed by atoms with Gasteiger partial charge in [-0.25, -0.2) is 0 Å². The van der Waals surface area contributed by atoms with Crippen LogP contribution in [0.25, 0.3) is 0 Å². The quantitative estimate of drug-likeness (QED) is 0.773. The average Bonchev–Trinajstić information content (AvgIpc) is 2.56. The third kappa shape index (κ3) is 5.61. The van der Waals surface area contributed by atoms with Gasteiger partial charge in [0.15, 0.2) is 6.61 Å². The van der Waals surface area contributed by atoms with Gasteiger partial charge in [0.25, 0.3) is 5.91 Å². The predicted molar refractivity (Wildman–Crippen MR) is 100 cm³/mol. The van der Waals surface area contributed by atoms with Crippen LogP contribution in [0, 0.1) is 6.92 Å². The van der Waals surface area contributed by atoms with Crippen molar-refractivity contribution in [3.63, 3.8) is 0 Å². The van der Waals surface area contributed by atoms with Crippen molar-refractivity contribution in [1.82, 2.24) is 0 Å². The molecule has 0 aromatic heterocycles. The molecule has 1 amide bonds. The molecule has 0 atom stereocenters. The molecule has 2 aromatic rings. The van der Waals surface area contributed by atoms with Gasteiger partial charge in [0, 0.05) is 10.7 Å². The highest BCUT2D eigenvalue weighted by molar-refractivity contribution is 6.30. The number of aryl methyl sites for hydroxylation is 1. The maximum Gasteiger partial charge on any atom is 0.310 e. The number of halogens is 1. The van der Waals surface area contributed by atoms with E-state index in [-0.39, 0.29) is 24.9 Å². The van der Waals surface area contributed by atoms with Crippen molar-refractivity contribution < 1.29 is 14.3 Å². The molecule has 0 aliphatic rings. The van der Waals surface area contributed by atoms with E-state index < -0.39 is 5.97 Å². The number of carbonyl (C=O) groups is 2. The highest BCUT2D eigenvalue weighted by Gasteiger charge is 2.14. The van der Waals surface area contributed by atoms with Gasteiger partial charge in [0.1, 0.15) is 0 Å². The molecule has 0 aliphatic carbocycles. The lowest BCUT2D eigenvalue weighted by atomic mass is 9.98. The second-order valence-corrected chi connectivity index (χ2v) is 6.64. The average molecular weight is 360 g/mol. The molecule has 0 aliphatic heterocycles. The van der Waals surface area contributed by atoms with Gasteiger partial charge in [-0.3, -0.25) is 9.59 Å². The minimum atomic E-state index is -0.452. The molecule has 0 bridgehead atoms. The number of rotatable bonds is 6. The van der Waals surface area contributed by atoms with Crippen molar-refractivity contribution >= 4 is 29.2 Å². The summed E-state index contributed by atoms with van der Waals surface area (Å²) in [6, 6.07) is 12.8. The molecule has 132 valence electrons. The van der Waals surface area contributed by atoms with Crippen LogP contribution >= 0.6 is 11.6 Å². The molecule has 1 N–H and O–H groups in total. The molecule has 2 aromatic carbocycles. The van der Waals surface area contributed by atoms with Crippen molar-refractivity contribution in [2.45, 2.75) is 33.1 Å². The van der Waals surface area contributed by atoms with Crippen molar-refractivity contribution in [2.24, 2.45) is 0 Å². The molecule has 0 radical (unpaired) electrons. The van der Waals surface area contributed by atoms with Crippen LogP contribution in [0.3, 0.4) is 0 Å². The normalized spacial score (nSPS) is 10.6. The molecule has 25 heavy (non-hydrogen) atoms.